The molecule has 0 aromatic heterocycles. The fraction of sp³-hybridized carbons (Fsp3) is 0.533. The lowest BCUT2D eigenvalue weighted by atomic mass is 9.85. The number of alkyl halides is 3. The van der Waals surface area contributed by atoms with Gasteiger partial charge in [-0.15, -0.1) is 0 Å². The van der Waals surface area contributed by atoms with E-state index in [0.29, 0.717) is 12.5 Å². The van der Waals surface area contributed by atoms with E-state index in [1.165, 1.54) is 0 Å². The summed E-state index contributed by atoms with van der Waals surface area (Å²) in [5.74, 6) is -1.03. The second-order valence-corrected chi connectivity index (χ2v) is 6.25. The van der Waals surface area contributed by atoms with Gasteiger partial charge in [-0.05, 0) is 23.5 Å². The number of Topliss-reactive ketones (excluding diaryl/α,β-unsaturated/α-hetero) is 1. The Labute approximate surface area is 117 Å². The van der Waals surface area contributed by atoms with Crippen molar-refractivity contribution in [1.29, 1.82) is 0 Å². The third kappa shape index (κ3) is 3.60. The zero-order chi connectivity index (χ0) is 15.8. The summed E-state index contributed by atoms with van der Waals surface area (Å²) < 4.78 is 38.0. The maximum atomic E-state index is 12.7. The number of hydrogen-bond acceptors (Lipinski definition) is 2. The molecule has 0 aliphatic heterocycles. The Morgan fingerprint density at radius 1 is 1.05 bits per heavy atom. The molecule has 0 spiro atoms. The first-order chi connectivity index (χ1) is 8.85. The standard InChI is InChI=1S/C15H20F3NO/c1-13(2,3)11-7-5-10(6-8-11)9-12(20)14(4,19)15(16,17)18/h5-8H,9,19H2,1-4H3. The Balaban J connectivity index is 2.88. The maximum Gasteiger partial charge on any atom is 0.413 e. The van der Waals surface area contributed by atoms with E-state index in [-0.39, 0.29) is 11.8 Å². The topological polar surface area (TPSA) is 43.1 Å². The van der Waals surface area contributed by atoms with Crippen LogP contribution in [0.25, 0.3) is 0 Å². The first-order valence-electron chi connectivity index (χ1n) is 6.34. The summed E-state index contributed by atoms with van der Waals surface area (Å²) in [6.07, 6.45) is -5.06. The van der Waals surface area contributed by atoms with E-state index in [2.05, 4.69) is 0 Å². The van der Waals surface area contributed by atoms with Gasteiger partial charge < -0.3 is 5.73 Å². The molecule has 1 rings (SSSR count). The number of ketones is 1. The number of rotatable bonds is 3. The molecule has 5 heteroatoms. The molecule has 0 saturated carbocycles. The monoisotopic (exact) mass is 287 g/mol. The highest BCUT2D eigenvalue weighted by Crippen LogP contribution is 2.30. The molecule has 1 atom stereocenters. The fourth-order valence-electron chi connectivity index (χ4n) is 1.65. The number of hydrogen-bond donors (Lipinski definition) is 1. The van der Waals surface area contributed by atoms with Crippen LogP contribution in [-0.2, 0) is 16.6 Å². The number of halogens is 3. The highest BCUT2D eigenvalue weighted by Gasteiger charge is 2.53. The summed E-state index contributed by atoms with van der Waals surface area (Å²) in [5, 5.41) is 0. The molecule has 1 aromatic rings. The Morgan fingerprint density at radius 2 is 1.50 bits per heavy atom. The number of carbonyl (C=O) groups is 1. The number of nitrogens with two attached hydrogens (primary N) is 1. The molecule has 0 aliphatic carbocycles. The predicted octanol–water partition coefficient (Wildman–Crippen LogP) is 3.38. The lowest BCUT2D eigenvalue weighted by molar-refractivity contribution is -0.185. The van der Waals surface area contributed by atoms with Crippen molar-refractivity contribution in [2.45, 2.75) is 51.2 Å². The highest BCUT2D eigenvalue weighted by molar-refractivity contribution is 5.90. The zero-order valence-corrected chi connectivity index (χ0v) is 12.1. The van der Waals surface area contributed by atoms with Crippen molar-refractivity contribution in [3.63, 3.8) is 0 Å². The van der Waals surface area contributed by atoms with E-state index in [4.69, 9.17) is 5.73 Å². The molecule has 0 saturated heterocycles. The van der Waals surface area contributed by atoms with Gasteiger partial charge in [0, 0.05) is 6.42 Å². The molecule has 0 fully saturated rings. The van der Waals surface area contributed by atoms with Crippen LogP contribution in [0.1, 0.15) is 38.8 Å². The summed E-state index contributed by atoms with van der Waals surface area (Å²) in [4.78, 5) is 11.7. The summed E-state index contributed by atoms with van der Waals surface area (Å²) in [5.41, 5.74) is 3.84. The smallest absolute Gasteiger partial charge is 0.312 e. The molecule has 20 heavy (non-hydrogen) atoms. The molecule has 2 N–H and O–H groups in total. The van der Waals surface area contributed by atoms with Gasteiger partial charge in [-0.3, -0.25) is 4.79 Å². The quantitative estimate of drug-likeness (QED) is 0.926. The average Bonchev–Trinajstić information content (AvgIpc) is 2.26. The van der Waals surface area contributed by atoms with E-state index >= 15 is 0 Å². The van der Waals surface area contributed by atoms with Crippen molar-refractivity contribution in [1.82, 2.24) is 0 Å². The van der Waals surface area contributed by atoms with E-state index < -0.39 is 17.5 Å². The van der Waals surface area contributed by atoms with Crippen LogP contribution in [0.15, 0.2) is 24.3 Å². The first-order valence-corrected chi connectivity index (χ1v) is 6.34. The molecule has 0 bridgehead atoms. The fourth-order valence-corrected chi connectivity index (χ4v) is 1.65. The molecule has 0 heterocycles. The molecule has 112 valence electrons. The van der Waals surface area contributed by atoms with Gasteiger partial charge in [-0.2, -0.15) is 13.2 Å². The lowest BCUT2D eigenvalue weighted by Crippen LogP contribution is -2.57. The summed E-state index contributed by atoms with van der Waals surface area (Å²) in [7, 11) is 0. The van der Waals surface area contributed by atoms with Crippen molar-refractivity contribution in [2.24, 2.45) is 5.73 Å². The third-order valence-corrected chi connectivity index (χ3v) is 3.35. The van der Waals surface area contributed by atoms with Crippen molar-refractivity contribution >= 4 is 5.78 Å². The van der Waals surface area contributed by atoms with Crippen LogP contribution in [0, 0.1) is 0 Å². The third-order valence-electron chi connectivity index (χ3n) is 3.35. The van der Waals surface area contributed by atoms with Crippen molar-refractivity contribution in [3.05, 3.63) is 35.4 Å². The molecule has 1 unspecified atom stereocenters. The Bertz CT molecular complexity index is 481. The van der Waals surface area contributed by atoms with Crippen molar-refractivity contribution in [2.75, 3.05) is 0 Å². The minimum Gasteiger partial charge on any atom is -0.312 e. The molecule has 0 radical (unpaired) electrons. The Hall–Kier alpha value is -1.36. The van der Waals surface area contributed by atoms with Crippen LogP contribution < -0.4 is 5.73 Å². The van der Waals surface area contributed by atoms with Crippen LogP contribution in [0.3, 0.4) is 0 Å². The van der Waals surface area contributed by atoms with Crippen LogP contribution in [0.4, 0.5) is 13.2 Å². The van der Waals surface area contributed by atoms with E-state index in [0.717, 1.165) is 5.56 Å². The van der Waals surface area contributed by atoms with Gasteiger partial charge in [0.15, 0.2) is 11.3 Å². The van der Waals surface area contributed by atoms with Crippen LogP contribution in [0.5, 0.6) is 0 Å². The van der Waals surface area contributed by atoms with Crippen LogP contribution >= 0.6 is 0 Å². The van der Waals surface area contributed by atoms with E-state index in [1.54, 1.807) is 12.1 Å². The van der Waals surface area contributed by atoms with Gasteiger partial charge in [0.2, 0.25) is 0 Å². The largest absolute Gasteiger partial charge is 0.413 e. The van der Waals surface area contributed by atoms with Gasteiger partial charge >= 0.3 is 6.18 Å². The SMILES string of the molecule is CC(C)(C)c1ccc(CC(=O)C(C)(N)C(F)(F)F)cc1. The van der Waals surface area contributed by atoms with Crippen molar-refractivity contribution in [3.8, 4) is 0 Å². The maximum absolute atomic E-state index is 12.7. The summed E-state index contributed by atoms with van der Waals surface area (Å²) in [6.45, 7) is 6.81. The predicted molar refractivity (Wildman–Crippen MR) is 72.5 cm³/mol. The van der Waals surface area contributed by atoms with Crippen LogP contribution in [0.2, 0.25) is 0 Å². The normalized spacial score (nSPS) is 15.8. The Morgan fingerprint density at radius 3 is 1.85 bits per heavy atom. The van der Waals surface area contributed by atoms with Crippen LogP contribution in [-0.4, -0.2) is 17.5 Å². The molecule has 0 amide bonds. The molecule has 0 aliphatic rings. The van der Waals surface area contributed by atoms with E-state index in [1.807, 2.05) is 32.9 Å². The van der Waals surface area contributed by atoms with Gasteiger partial charge in [0.1, 0.15) is 0 Å². The second-order valence-electron chi connectivity index (χ2n) is 6.25. The highest BCUT2D eigenvalue weighted by atomic mass is 19.4. The lowest BCUT2D eigenvalue weighted by Gasteiger charge is -2.26. The molecular weight excluding hydrogens is 267 g/mol. The summed E-state index contributed by atoms with van der Waals surface area (Å²) in [6, 6.07) is 6.99. The first kappa shape index (κ1) is 16.7. The molecule has 2 nitrogen and oxygen atoms in total. The Kier molecular flexibility index (Phi) is 4.34. The van der Waals surface area contributed by atoms with Crippen molar-refractivity contribution < 1.29 is 18.0 Å². The minimum atomic E-state index is -4.74. The molecule has 1 aromatic carbocycles. The molecular formula is C15H20F3NO. The number of benzene rings is 1. The second kappa shape index (κ2) is 5.20. The summed E-state index contributed by atoms with van der Waals surface area (Å²) >= 11 is 0. The van der Waals surface area contributed by atoms with Gasteiger partial charge in [0.25, 0.3) is 0 Å². The van der Waals surface area contributed by atoms with Gasteiger partial charge in [-0.25, -0.2) is 0 Å². The van der Waals surface area contributed by atoms with E-state index in [9.17, 15) is 18.0 Å². The van der Waals surface area contributed by atoms with Gasteiger partial charge in [-0.1, -0.05) is 45.0 Å². The minimum absolute atomic E-state index is 0.0448. The average molecular weight is 287 g/mol. The zero-order valence-electron chi connectivity index (χ0n) is 12.1. The van der Waals surface area contributed by atoms with Gasteiger partial charge in [0.05, 0.1) is 0 Å². The number of carbonyl (C=O) groups excluding carboxylic acids is 1.